The van der Waals surface area contributed by atoms with Gasteiger partial charge in [-0.25, -0.2) is 4.90 Å². The van der Waals surface area contributed by atoms with E-state index in [0.717, 1.165) is 5.56 Å². The molecule has 6 nitrogen and oxygen atoms in total. The average molecular weight is 365 g/mol. The van der Waals surface area contributed by atoms with Crippen LogP contribution in [0.2, 0.25) is 0 Å². The molecular formula is C19H17N4O2S+. The number of aromatic nitrogens is 3. The molecule has 4 rings (SSSR count). The number of fused-ring (bicyclic) bond motifs is 3. The zero-order chi connectivity index (χ0) is 18.3. The Balaban J connectivity index is 2.10. The molecule has 130 valence electrons. The zero-order valence-corrected chi connectivity index (χ0v) is 15.2. The van der Waals surface area contributed by atoms with Gasteiger partial charge in [-0.05, 0) is 23.1 Å². The van der Waals surface area contributed by atoms with Crippen molar-refractivity contribution < 1.29 is 9.48 Å². The number of benzene rings is 2. The average Bonchev–Trinajstić information content (AvgIpc) is 2.66. The van der Waals surface area contributed by atoms with Gasteiger partial charge in [0.2, 0.25) is 11.1 Å². The molecule has 26 heavy (non-hydrogen) atoms. The summed E-state index contributed by atoms with van der Waals surface area (Å²) in [5.41, 5.74) is 2.51. The van der Waals surface area contributed by atoms with E-state index in [1.807, 2.05) is 60.9 Å². The lowest BCUT2D eigenvalue weighted by Crippen LogP contribution is -2.60. The molecule has 2 heterocycles. The highest BCUT2D eigenvalue weighted by molar-refractivity contribution is 7.98. The molecule has 1 N–H and O–H groups in total. The van der Waals surface area contributed by atoms with Gasteiger partial charge in [0.25, 0.3) is 6.17 Å². The van der Waals surface area contributed by atoms with E-state index >= 15 is 0 Å². The van der Waals surface area contributed by atoms with Crippen LogP contribution in [-0.2, 0) is 4.79 Å². The van der Waals surface area contributed by atoms with E-state index in [-0.39, 0.29) is 11.5 Å². The molecule has 0 saturated carbocycles. The fourth-order valence-corrected chi connectivity index (χ4v) is 3.69. The van der Waals surface area contributed by atoms with Gasteiger partial charge >= 0.3 is 11.3 Å². The minimum Gasteiger partial charge on any atom is -0.291 e. The minimum absolute atomic E-state index is 0.114. The van der Waals surface area contributed by atoms with Gasteiger partial charge in [0, 0.05) is 17.6 Å². The smallest absolute Gasteiger partial charge is 0.291 e. The van der Waals surface area contributed by atoms with Crippen LogP contribution in [0, 0.1) is 0 Å². The molecular weight excluding hydrogens is 348 g/mol. The molecule has 1 amide bonds. The van der Waals surface area contributed by atoms with Crippen molar-refractivity contribution >= 4 is 23.4 Å². The lowest BCUT2D eigenvalue weighted by Gasteiger charge is -2.31. The molecule has 0 radical (unpaired) electrons. The van der Waals surface area contributed by atoms with Crippen molar-refractivity contribution in [3.63, 3.8) is 0 Å². The van der Waals surface area contributed by atoms with Crippen LogP contribution in [0.1, 0.15) is 18.7 Å². The Kier molecular flexibility index (Phi) is 4.08. The maximum absolute atomic E-state index is 12.8. The predicted octanol–water partition coefficient (Wildman–Crippen LogP) is 2.36. The number of nitrogens with one attached hydrogen (secondary N) is 1. The van der Waals surface area contributed by atoms with Gasteiger partial charge in [0.05, 0.1) is 11.3 Å². The van der Waals surface area contributed by atoms with Crippen molar-refractivity contribution in [2.75, 3.05) is 11.2 Å². The summed E-state index contributed by atoms with van der Waals surface area (Å²) in [6.45, 7) is 1.53. The molecule has 3 aromatic rings. The maximum atomic E-state index is 12.8. The number of carbonyl (C=O) groups is 1. The quantitative estimate of drug-likeness (QED) is 0.559. The summed E-state index contributed by atoms with van der Waals surface area (Å²) >= 11 is 1.35. The third kappa shape index (κ3) is 2.52. The standard InChI is InChI=1S/C19H16N4O2S/c1-12(24)22-15-11-7-6-10-14(15)16-17(25)20-19(26-2)21-23(16)18(22)13-8-4-3-5-9-13/h3-11,18H,1-2H3/p+1/t18-/m1/s1. The molecule has 0 fully saturated rings. The first-order valence-corrected chi connectivity index (χ1v) is 9.38. The fraction of sp³-hybridized carbons (Fsp3) is 0.158. The van der Waals surface area contributed by atoms with Crippen LogP contribution in [0.5, 0.6) is 0 Å². The van der Waals surface area contributed by atoms with Gasteiger partial charge in [-0.2, -0.15) is 0 Å². The van der Waals surface area contributed by atoms with Crippen molar-refractivity contribution in [3.8, 4) is 11.3 Å². The highest BCUT2D eigenvalue weighted by Crippen LogP contribution is 2.36. The molecule has 0 bridgehead atoms. The van der Waals surface area contributed by atoms with Crippen LogP contribution in [0.25, 0.3) is 11.3 Å². The lowest BCUT2D eigenvalue weighted by atomic mass is 10.0. The number of aromatic amines is 1. The Morgan fingerprint density at radius 2 is 1.85 bits per heavy atom. The third-order valence-corrected chi connectivity index (χ3v) is 4.96. The fourth-order valence-electron chi connectivity index (χ4n) is 3.33. The van der Waals surface area contributed by atoms with Crippen molar-refractivity contribution in [1.82, 2.24) is 10.1 Å². The van der Waals surface area contributed by atoms with Crippen LogP contribution in [0.4, 0.5) is 5.69 Å². The number of carbonyl (C=O) groups excluding carboxylic acids is 1. The normalized spacial score (nSPS) is 15.3. The Morgan fingerprint density at radius 1 is 1.15 bits per heavy atom. The molecule has 1 aliphatic heterocycles. The summed E-state index contributed by atoms with van der Waals surface area (Å²) in [5, 5.41) is 5.11. The number of thioether (sulfide) groups is 1. The largest absolute Gasteiger partial charge is 0.325 e. The van der Waals surface area contributed by atoms with Crippen LogP contribution in [-0.4, -0.2) is 22.2 Å². The second-order valence-corrected chi connectivity index (χ2v) is 6.74. The van der Waals surface area contributed by atoms with E-state index in [4.69, 9.17) is 0 Å². The predicted molar refractivity (Wildman–Crippen MR) is 100 cm³/mol. The maximum Gasteiger partial charge on any atom is 0.325 e. The molecule has 0 saturated heterocycles. The van der Waals surface area contributed by atoms with Crippen LogP contribution >= 0.6 is 11.8 Å². The Morgan fingerprint density at radius 3 is 2.54 bits per heavy atom. The van der Waals surface area contributed by atoms with E-state index < -0.39 is 6.17 Å². The summed E-state index contributed by atoms with van der Waals surface area (Å²) in [7, 11) is 0. The number of H-pyrrole nitrogens is 1. The Labute approximate surface area is 154 Å². The highest BCUT2D eigenvalue weighted by atomic mass is 32.2. The molecule has 1 aliphatic rings. The van der Waals surface area contributed by atoms with Crippen LogP contribution in [0.15, 0.2) is 64.5 Å². The summed E-state index contributed by atoms with van der Waals surface area (Å²) in [6.07, 6.45) is 1.33. The summed E-state index contributed by atoms with van der Waals surface area (Å²) in [6, 6.07) is 17.0. The van der Waals surface area contributed by atoms with Gasteiger partial charge in [-0.15, -0.1) is 0 Å². The first-order chi connectivity index (χ1) is 12.6. The van der Waals surface area contributed by atoms with E-state index in [1.165, 1.54) is 18.7 Å². The van der Waals surface area contributed by atoms with Gasteiger partial charge in [0.1, 0.15) is 0 Å². The van der Waals surface area contributed by atoms with E-state index in [2.05, 4.69) is 10.1 Å². The molecule has 7 heteroatoms. The monoisotopic (exact) mass is 365 g/mol. The van der Waals surface area contributed by atoms with E-state index in [1.54, 1.807) is 9.58 Å². The Bertz CT molecular complexity index is 1050. The van der Waals surface area contributed by atoms with Gasteiger partial charge < -0.3 is 0 Å². The third-order valence-electron chi connectivity index (χ3n) is 4.39. The number of amides is 1. The Hall–Kier alpha value is -2.93. The van der Waals surface area contributed by atoms with E-state index in [0.29, 0.717) is 22.1 Å². The summed E-state index contributed by atoms with van der Waals surface area (Å²) < 4.78 is 1.66. The molecule has 2 aromatic carbocycles. The second kappa shape index (κ2) is 6.42. The SMILES string of the molecule is CSc1n[n+]2c(c(=O)[nH]1)-c1ccccc1N(C(C)=O)[C@H]2c1ccccc1. The number of hydrogen-bond acceptors (Lipinski definition) is 4. The first kappa shape index (κ1) is 16.5. The number of rotatable bonds is 2. The first-order valence-electron chi connectivity index (χ1n) is 8.16. The second-order valence-electron chi connectivity index (χ2n) is 5.95. The molecule has 0 spiro atoms. The number of hydrogen-bond donors (Lipinski definition) is 1. The number of nitrogens with zero attached hydrogens (tertiary/aromatic N) is 3. The molecule has 0 unspecified atom stereocenters. The van der Waals surface area contributed by atoms with Crippen molar-refractivity contribution in [3.05, 3.63) is 70.5 Å². The number of para-hydroxylation sites is 1. The van der Waals surface area contributed by atoms with Gasteiger partial charge in [-0.3, -0.25) is 14.6 Å². The van der Waals surface area contributed by atoms with Crippen LogP contribution < -0.4 is 15.1 Å². The van der Waals surface area contributed by atoms with Gasteiger partial charge in [0.15, 0.2) is 0 Å². The number of anilines is 1. The molecule has 1 atom stereocenters. The zero-order valence-electron chi connectivity index (χ0n) is 14.3. The minimum atomic E-state index is -0.521. The van der Waals surface area contributed by atoms with Crippen molar-refractivity contribution in [2.45, 2.75) is 18.2 Å². The van der Waals surface area contributed by atoms with Crippen LogP contribution in [0.3, 0.4) is 0 Å². The van der Waals surface area contributed by atoms with Crippen molar-refractivity contribution in [1.29, 1.82) is 0 Å². The molecule has 1 aromatic heterocycles. The van der Waals surface area contributed by atoms with E-state index in [9.17, 15) is 9.59 Å². The summed E-state index contributed by atoms with van der Waals surface area (Å²) in [5.74, 6) is -0.114. The summed E-state index contributed by atoms with van der Waals surface area (Å²) in [4.78, 5) is 29.9. The van der Waals surface area contributed by atoms with Gasteiger partial charge in [-0.1, -0.05) is 54.2 Å². The lowest BCUT2D eigenvalue weighted by molar-refractivity contribution is -0.763. The molecule has 0 aliphatic carbocycles. The van der Waals surface area contributed by atoms with Crippen molar-refractivity contribution in [2.24, 2.45) is 0 Å². The highest BCUT2D eigenvalue weighted by Gasteiger charge is 2.44. The topological polar surface area (TPSA) is 69.9 Å².